The average molecular weight is 412 g/mol. The van der Waals surface area contributed by atoms with Crippen molar-refractivity contribution < 1.29 is 14.4 Å². The van der Waals surface area contributed by atoms with Crippen LogP contribution in [0.15, 0.2) is 42.5 Å². The number of Topliss-reactive ketones (excluding diaryl/α,β-unsaturated/α-hetero) is 1. The maximum absolute atomic E-state index is 12.9. The molecule has 8 heteroatoms. The normalized spacial score (nSPS) is 19.6. The molecule has 5 nitrogen and oxygen atoms in total. The van der Waals surface area contributed by atoms with Crippen LogP contribution in [0.3, 0.4) is 0 Å². The molecule has 1 atom stereocenters. The van der Waals surface area contributed by atoms with E-state index >= 15 is 0 Å². The molecule has 1 fully saturated rings. The molecular weight excluding hydrogens is 399 g/mol. The number of nitrogens with zero attached hydrogens (tertiary/aromatic N) is 1. The van der Waals surface area contributed by atoms with E-state index in [2.05, 4.69) is 5.32 Å². The monoisotopic (exact) mass is 410 g/mol. The molecule has 2 aromatic carbocycles. The molecule has 2 aromatic rings. The lowest BCUT2D eigenvalue weighted by Gasteiger charge is -2.23. The summed E-state index contributed by atoms with van der Waals surface area (Å²) in [5.74, 6) is -0.939. The van der Waals surface area contributed by atoms with Crippen molar-refractivity contribution in [3.63, 3.8) is 0 Å². The van der Waals surface area contributed by atoms with Crippen LogP contribution in [0.25, 0.3) is 0 Å². The highest BCUT2D eigenvalue weighted by molar-refractivity contribution is 6.35. The number of amides is 3. The van der Waals surface area contributed by atoms with Crippen molar-refractivity contribution in [1.29, 1.82) is 0 Å². The summed E-state index contributed by atoms with van der Waals surface area (Å²) in [7, 11) is 0. The van der Waals surface area contributed by atoms with E-state index in [9.17, 15) is 14.4 Å². The highest BCUT2D eigenvalue weighted by atomic mass is 35.5. The van der Waals surface area contributed by atoms with Crippen LogP contribution in [-0.4, -0.2) is 29.2 Å². The van der Waals surface area contributed by atoms with Gasteiger partial charge in [-0.05, 0) is 43.3 Å². The third-order valence-corrected chi connectivity index (χ3v) is 5.01. The van der Waals surface area contributed by atoms with Crippen molar-refractivity contribution in [3.8, 4) is 0 Å². The second-order valence-electron chi connectivity index (χ2n) is 6.00. The molecule has 1 N–H and O–H groups in total. The quantitative estimate of drug-likeness (QED) is 0.602. The minimum atomic E-state index is -1.38. The van der Waals surface area contributed by atoms with Crippen LogP contribution in [0.4, 0.5) is 4.79 Å². The largest absolute Gasteiger partial charge is 0.325 e. The number of benzene rings is 2. The van der Waals surface area contributed by atoms with E-state index in [1.54, 1.807) is 36.4 Å². The van der Waals surface area contributed by atoms with Crippen LogP contribution >= 0.6 is 34.8 Å². The maximum Gasteiger partial charge on any atom is 0.325 e. The zero-order chi connectivity index (χ0) is 19.1. The van der Waals surface area contributed by atoms with Gasteiger partial charge in [0, 0.05) is 26.2 Å². The van der Waals surface area contributed by atoms with Gasteiger partial charge in [0.1, 0.15) is 5.54 Å². The third-order valence-electron chi connectivity index (χ3n) is 4.21. The molecule has 0 aromatic heterocycles. The van der Waals surface area contributed by atoms with E-state index in [1.807, 2.05) is 0 Å². The molecule has 0 aliphatic carbocycles. The molecule has 1 aliphatic heterocycles. The number of halogens is 3. The van der Waals surface area contributed by atoms with Crippen molar-refractivity contribution in [1.82, 2.24) is 10.2 Å². The summed E-state index contributed by atoms with van der Waals surface area (Å²) in [6.07, 6.45) is 0. The molecule has 0 saturated carbocycles. The molecule has 3 rings (SSSR count). The van der Waals surface area contributed by atoms with Gasteiger partial charge in [-0.25, -0.2) is 4.79 Å². The van der Waals surface area contributed by atoms with Crippen LogP contribution in [0, 0.1) is 0 Å². The summed E-state index contributed by atoms with van der Waals surface area (Å²) in [4.78, 5) is 38.5. The number of carbonyl (C=O) groups is 3. The Hall–Kier alpha value is -2.08. The minimum absolute atomic E-state index is 0.250. The standard InChI is InChI=1S/C18H13Cl3N2O3/c1-18(13-7-6-12(20)8-14(13)21)16(25)23(17(26)22-18)9-15(24)10-2-4-11(19)5-3-10/h2-8H,9H2,1H3,(H,22,26). The molecule has 1 heterocycles. The van der Waals surface area contributed by atoms with Gasteiger partial charge in [0.15, 0.2) is 5.78 Å². The second kappa shape index (κ2) is 6.91. The summed E-state index contributed by atoms with van der Waals surface area (Å²) in [6, 6.07) is 10.2. The molecule has 1 aliphatic rings. The van der Waals surface area contributed by atoms with Crippen LogP contribution in [0.1, 0.15) is 22.8 Å². The lowest BCUT2D eigenvalue weighted by Crippen LogP contribution is -2.41. The Bertz CT molecular complexity index is 914. The maximum atomic E-state index is 12.9. The molecule has 3 amide bonds. The fourth-order valence-electron chi connectivity index (χ4n) is 2.79. The van der Waals surface area contributed by atoms with Gasteiger partial charge in [-0.15, -0.1) is 0 Å². The zero-order valence-corrected chi connectivity index (χ0v) is 15.8. The van der Waals surface area contributed by atoms with E-state index in [0.29, 0.717) is 21.2 Å². The van der Waals surface area contributed by atoms with Crippen molar-refractivity contribution in [2.45, 2.75) is 12.5 Å². The lowest BCUT2D eigenvalue weighted by atomic mass is 9.92. The smallest absolute Gasteiger partial charge is 0.319 e. The number of urea groups is 1. The number of carbonyl (C=O) groups excluding carboxylic acids is 3. The molecule has 1 saturated heterocycles. The van der Waals surface area contributed by atoms with Gasteiger partial charge in [-0.1, -0.05) is 40.9 Å². The fourth-order valence-corrected chi connectivity index (χ4v) is 3.51. The van der Waals surface area contributed by atoms with Crippen molar-refractivity contribution in [2.24, 2.45) is 0 Å². The number of rotatable bonds is 4. The van der Waals surface area contributed by atoms with Gasteiger partial charge >= 0.3 is 6.03 Å². The average Bonchev–Trinajstić information content (AvgIpc) is 2.79. The number of hydrogen-bond donors (Lipinski definition) is 1. The third kappa shape index (κ3) is 3.30. The summed E-state index contributed by atoms with van der Waals surface area (Å²) >= 11 is 17.9. The Kier molecular flexibility index (Phi) is 4.97. The Balaban J connectivity index is 1.86. The minimum Gasteiger partial charge on any atom is -0.319 e. The van der Waals surface area contributed by atoms with Crippen LogP contribution in [0.5, 0.6) is 0 Å². The van der Waals surface area contributed by atoms with Gasteiger partial charge in [0.05, 0.1) is 6.54 Å². The van der Waals surface area contributed by atoms with E-state index < -0.39 is 17.5 Å². The first kappa shape index (κ1) is 18.7. The Morgan fingerprint density at radius 2 is 1.65 bits per heavy atom. The van der Waals surface area contributed by atoms with Crippen LogP contribution in [0.2, 0.25) is 15.1 Å². The predicted octanol–water partition coefficient (Wildman–Crippen LogP) is 4.30. The van der Waals surface area contributed by atoms with Crippen molar-refractivity contribution in [2.75, 3.05) is 6.54 Å². The molecule has 134 valence electrons. The molecule has 0 radical (unpaired) electrons. The first-order chi connectivity index (χ1) is 12.2. The zero-order valence-electron chi connectivity index (χ0n) is 13.6. The van der Waals surface area contributed by atoms with Crippen LogP contribution < -0.4 is 5.32 Å². The van der Waals surface area contributed by atoms with E-state index in [0.717, 1.165) is 4.90 Å². The number of ketones is 1. The van der Waals surface area contributed by atoms with Gasteiger partial charge in [-0.2, -0.15) is 0 Å². The van der Waals surface area contributed by atoms with E-state index in [4.69, 9.17) is 34.8 Å². The number of nitrogens with one attached hydrogen (secondary N) is 1. The highest BCUT2D eigenvalue weighted by Crippen LogP contribution is 2.35. The first-order valence-corrected chi connectivity index (χ1v) is 8.74. The van der Waals surface area contributed by atoms with Crippen LogP contribution in [-0.2, 0) is 10.3 Å². The molecule has 0 bridgehead atoms. The van der Waals surface area contributed by atoms with Gasteiger partial charge < -0.3 is 5.32 Å². The summed E-state index contributed by atoms with van der Waals surface area (Å²) < 4.78 is 0. The predicted molar refractivity (Wildman–Crippen MR) is 99.8 cm³/mol. The summed E-state index contributed by atoms with van der Waals surface area (Å²) in [6.45, 7) is 1.15. The first-order valence-electron chi connectivity index (χ1n) is 7.61. The van der Waals surface area contributed by atoms with Crippen molar-refractivity contribution in [3.05, 3.63) is 68.7 Å². The molecule has 0 spiro atoms. The fraction of sp³-hybridized carbons (Fsp3) is 0.167. The van der Waals surface area contributed by atoms with Gasteiger partial charge in [-0.3, -0.25) is 14.5 Å². The van der Waals surface area contributed by atoms with E-state index in [1.165, 1.54) is 13.0 Å². The lowest BCUT2D eigenvalue weighted by molar-refractivity contribution is -0.130. The number of hydrogen-bond acceptors (Lipinski definition) is 3. The molecule has 1 unspecified atom stereocenters. The second-order valence-corrected chi connectivity index (χ2v) is 7.28. The number of imide groups is 1. The van der Waals surface area contributed by atoms with Gasteiger partial charge in [0.25, 0.3) is 5.91 Å². The van der Waals surface area contributed by atoms with Gasteiger partial charge in [0.2, 0.25) is 0 Å². The Morgan fingerprint density at radius 1 is 1.04 bits per heavy atom. The molecular formula is C18H13Cl3N2O3. The highest BCUT2D eigenvalue weighted by Gasteiger charge is 2.50. The Morgan fingerprint density at radius 3 is 2.27 bits per heavy atom. The topological polar surface area (TPSA) is 66.5 Å². The Labute approximate surface area is 164 Å². The SMILES string of the molecule is CC1(c2ccc(Cl)cc2Cl)NC(=O)N(CC(=O)c2ccc(Cl)cc2)C1=O. The summed E-state index contributed by atoms with van der Waals surface area (Å²) in [5.41, 5.74) is -0.615. The summed E-state index contributed by atoms with van der Waals surface area (Å²) in [5, 5.41) is 3.76. The van der Waals surface area contributed by atoms with Crippen molar-refractivity contribution >= 4 is 52.5 Å². The van der Waals surface area contributed by atoms with E-state index in [-0.39, 0.29) is 17.4 Å². The molecule has 26 heavy (non-hydrogen) atoms.